The summed E-state index contributed by atoms with van der Waals surface area (Å²) in [7, 11) is 0. The number of tetrazole rings is 1. The largest absolute Gasteiger partial charge is 0.354 e. The van der Waals surface area contributed by atoms with Crippen LogP contribution >= 0.6 is 0 Å². The minimum atomic E-state index is -0.385. The molecule has 0 unspecified atom stereocenters. The molecule has 0 fully saturated rings. The quantitative estimate of drug-likeness (QED) is 0.643. The highest BCUT2D eigenvalue weighted by atomic mass is 16.2. The summed E-state index contributed by atoms with van der Waals surface area (Å²) < 4.78 is 1.70. The van der Waals surface area contributed by atoms with Crippen LogP contribution in [0.25, 0.3) is 11.4 Å². The smallest absolute Gasteiger partial charge is 0.295 e. The van der Waals surface area contributed by atoms with Gasteiger partial charge in [0.05, 0.1) is 5.69 Å². The molecule has 23 heavy (non-hydrogen) atoms. The number of anilines is 2. The summed E-state index contributed by atoms with van der Waals surface area (Å²) in [5, 5.41) is 23.9. The van der Waals surface area contributed by atoms with Gasteiger partial charge in [-0.15, -0.1) is 15.3 Å². The first-order valence-electron chi connectivity index (χ1n) is 7.14. The molecule has 0 atom stereocenters. The van der Waals surface area contributed by atoms with Gasteiger partial charge >= 0.3 is 0 Å². The molecule has 4 rings (SSSR count). The van der Waals surface area contributed by atoms with Crippen LogP contribution < -0.4 is 10.6 Å². The van der Waals surface area contributed by atoms with Crippen molar-refractivity contribution in [1.82, 2.24) is 35.4 Å². The summed E-state index contributed by atoms with van der Waals surface area (Å²) in [4.78, 5) is 16.6. The van der Waals surface area contributed by atoms with E-state index >= 15 is 0 Å². The van der Waals surface area contributed by atoms with Crippen LogP contribution in [-0.4, -0.2) is 47.8 Å². The Labute approximate surface area is 130 Å². The minimum Gasteiger partial charge on any atom is -0.354 e. The minimum absolute atomic E-state index is 0.123. The highest BCUT2D eigenvalue weighted by Gasteiger charge is 2.20. The molecule has 0 bridgehead atoms. The molecule has 1 aliphatic heterocycles. The Hall–Kier alpha value is -3.30. The Kier molecular flexibility index (Phi) is 3.18. The lowest BCUT2D eigenvalue weighted by Crippen LogP contribution is -2.18. The number of carbonyl (C=O) groups excluding carboxylic acids is 1. The van der Waals surface area contributed by atoms with Crippen LogP contribution in [0.3, 0.4) is 0 Å². The maximum absolute atomic E-state index is 12.4. The summed E-state index contributed by atoms with van der Waals surface area (Å²) in [5.41, 5.74) is 1.23. The highest BCUT2D eigenvalue weighted by molar-refractivity contribution is 6.03. The summed E-state index contributed by atoms with van der Waals surface area (Å²) >= 11 is 0. The number of aromatic nitrogens is 7. The molecule has 1 aromatic carbocycles. The number of aromatic amines is 1. The fraction of sp³-hybridized carbons (Fsp3) is 0.231. The molecule has 10 nitrogen and oxygen atoms in total. The number of H-pyrrole nitrogens is 1. The summed E-state index contributed by atoms with van der Waals surface area (Å²) in [6.45, 7) is 1.59. The third-order valence-corrected chi connectivity index (χ3v) is 3.47. The first-order chi connectivity index (χ1) is 11.3. The summed E-state index contributed by atoms with van der Waals surface area (Å²) in [6.07, 6.45) is 0.956. The van der Waals surface area contributed by atoms with Crippen LogP contribution in [0.15, 0.2) is 24.3 Å². The van der Waals surface area contributed by atoms with Crippen LogP contribution in [0.5, 0.6) is 0 Å². The number of benzene rings is 1. The second-order valence-electron chi connectivity index (χ2n) is 5.00. The summed E-state index contributed by atoms with van der Waals surface area (Å²) in [6, 6.07) is 7.21. The second kappa shape index (κ2) is 5.48. The van der Waals surface area contributed by atoms with Crippen LogP contribution in [0.1, 0.15) is 17.0 Å². The lowest BCUT2D eigenvalue weighted by molar-refractivity contribution is 0.101. The standard InChI is InChI=1S/C13H13N9O/c23-12(11-16-13-14-6-3-7-22(13)19-11)15-9-5-2-1-4-8(9)10-17-20-21-18-10/h1-2,4-5H,3,6-7H2,(H,15,23)(H,14,16,19)(H,17,18,20,21). The number of fused-ring (bicyclic) bond motifs is 1. The molecule has 1 amide bonds. The number of nitrogens with zero attached hydrogens (tertiary/aromatic N) is 6. The topological polar surface area (TPSA) is 126 Å². The number of para-hydroxylation sites is 1. The fourth-order valence-corrected chi connectivity index (χ4v) is 2.40. The van der Waals surface area contributed by atoms with E-state index in [0.29, 0.717) is 23.0 Å². The molecule has 0 aliphatic carbocycles. The van der Waals surface area contributed by atoms with E-state index in [-0.39, 0.29) is 11.7 Å². The molecular weight excluding hydrogens is 298 g/mol. The van der Waals surface area contributed by atoms with Crippen molar-refractivity contribution in [2.75, 3.05) is 17.2 Å². The fourth-order valence-electron chi connectivity index (χ4n) is 2.40. The van der Waals surface area contributed by atoms with Gasteiger partial charge in [0, 0.05) is 18.7 Å². The van der Waals surface area contributed by atoms with E-state index in [1.54, 1.807) is 16.8 Å². The zero-order chi connectivity index (χ0) is 15.6. The predicted molar refractivity (Wildman–Crippen MR) is 80.7 cm³/mol. The Morgan fingerprint density at radius 3 is 3.04 bits per heavy atom. The number of amides is 1. The van der Waals surface area contributed by atoms with Crippen LogP contribution in [0, 0.1) is 0 Å². The number of hydrogen-bond donors (Lipinski definition) is 3. The molecular formula is C13H13N9O. The molecule has 1 aliphatic rings. The number of hydrogen-bond acceptors (Lipinski definition) is 7. The van der Waals surface area contributed by atoms with Gasteiger partial charge < -0.3 is 10.6 Å². The van der Waals surface area contributed by atoms with E-state index in [1.165, 1.54) is 0 Å². The third-order valence-electron chi connectivity index (χ3n) is 3.47. The molecule has 10 heteroatoms. The maximum atomic E-state index is 12.4. The van der Waals surface area contributed by atoms with Gasteiger partial charge in [0.15, 0.2) is 0 Å². The lowest BCUT2D eigenvalue weighted by atomic mass is 10.1. The van der Waals surface area contributed by atoms with Crippen molar-refractivity contribution in [3.05, 3.63) is 30.1 Å². The molecule has 2 aromatic heterocycles. The molecule has 0 saturated carbocycles. The van der Waals surface area contributed by atoms with Crippen molar-refractivity contribution in [3.63, 3.8) is 0 Å². The number of aryl methyl sites for hydroxylation is 1. The Morgan fingerprint density at radius 2 is 2.22 bits per heavy atom. The summed E-state index contributed by atoms with van der Waals surface area (Å²) in [5.74, 6) is 0.759. The molecule has 0 saturated heterocycles. The van der Waals surface area contributed by atoms with Crippen LogP contribution in [0.4, 0.5) is 11.6 Å². The highest BCUT2D eigenvalue weighted by Crippen LogP contribution is 2.24. The average molecular weight is 311 g/mol. The van der Waals surface area contributed by atoms with Gasteiger partial charge in [-0.2, -0.15) is 10.2 Å². The second-order valence-corrected chi connectivity index (χ2v) is 5.00. The zero-order valence-electron chi connectivity index (χ0n) is 12.0. The van der Waals surface area contributed by atoms with Crippen molar-refractivity contribution in [2.24, 2.45) is 0 Å². The average Bonchev–Trinajstić information content (AvgIpc) is 3.25. The molecule has 116 valence electrons. The third kappa shape index (κ3) is 2.50. The van der Waals surface area contributed by atoms with E-state index in [2.05, 4.69) is 41.3 Å². The molecule has 3 heterocycles. The number of nitrogens with one attached hydrogen (secondary N) is 3. The van der Waals surface area contributed by atoms with Crippen molar-refractivity contribution in [3.8, 4) is 11.4 Å². The van der Waals surface area contributed by atoms with Crippen LogP contribution in [-0.2, 0) is 6.54 Å². The van der Waals surface area contributed by atoms with E-state index in [0.717, 1.165) is 19.5 Å². The molecule has 0 radical (unpaired) electrons. The van der Waals surface area contributed by atoms with E-state index < -0.39 is 0 Å². The van der Waals surface area contributed by atoms with E-state index in [9.17, 15) is 4.79 Å². The normalized spacial score (nSPS) is 13.2. The monoisotopic (exact) mass is 311 g/mol. The van der Waals surface area contributed by atoms with Crippen molar-refractivity contribution < 1.29 is 4.79 Å². The van der Waals surface area contributed by atoms with Crippen molar-refractivity contribution in [1.29, 1.82) is 0 Å². The van der Waals surface area contributed by atoms with E-state index in [4.69, 9.17) is 0 Å². The van der Waals surface area contributed by atoms with Gasteiger partial charge in [0.1, 0.15) is 0 Å². The van der Waals surface area contributed by atoms with E-state index in [1.807, 2.05) is 12.1 Å². The lowest BCUT2D eigenvalue weighted by Gasteiger charge is -2.12. The maximum Gasteiger partial charge on any atom is 0.295 e. The van der Waals surface area contributed by atoms with Gasteiger partial charge in [-0.1, -0.05) is 12.1 Å². The van der Waals surface area contributed by atoms with Crippen molar-refractivity contribution >= 4 is 17.5 Å². The first kappa shape index (κ1) is 13.4. The predicted octanol–water partition coefficient (Wildman–Crippen LogP) is 0.526. The zero-order valence-corrected chi connectivity index (χ0v) is 12.0. The van der Waals surface area contributed by atoms with Gasteiger partial charge in [-0.05, 0) is 23.8 Å². The molecule has 0 spiro atoms. The number of carbonyl (C=O) groups is 1. The Balaban J connectivity index is 1.61. The molecule has 3 aromatic rings. The Morgan fingerprint density at radius 1 is 1.30 bits per heavy atom. The van der Waals surface area contributed by atoms with Gasteiger partial charge in [-0.3, -0.25) is 4.79 Å². The van der Waals surface area contributed by atoms with Crippen LogP contribution in [0.2, 0.25) is 0 Å². The van der Waals surface area contributed by atoms with Gasteiger partial charge in [-0.25, -0.2) is 4.68 Å². The van der Waals surface area contributed by atoms with Gasteiger partial charge in [0.2, 0.25) is 17.6 Å². The first-order valence-corrected chi connectivity index (χ1v) is 7.14. The number of rotatable bonds is 3. The van der Waals surface area contributed by atoms with Crippen molar-refractivity contribution in [2.45, 2.75) is 13.0 Å². The molecule has 3 N–H and O–H groups in total. The Bertz CT molecular complexity index is 816. The SMILES string of the molecule is O=C(Nc1ccccc1-c1nn[nH]n1)c1nc2n(n1)CCCN2. The van der Waals surface area contributed by atoms with Gasteiger partial charge in [0.25, 0.3) is 5.91 Å².